The number of hydrogen-bond acceptors (Lipinski definition) is 3. The minimum Gasteiger partial charge on any atom is -0.339 e. The lowest BCUT2D eigenvalue weighted by Crippen LogP contribution is -2.53. The first-order valence-corrected chi connectivity index (χ1v) is 11.7. The fourth-order valence-electron chi connectivity index (χ4n) is 4.50. The maximum atomic E-state index is 13.0. The summed E-state index contributed by atoms with van der Waals surface area (Å²) in [5, 5.41) is 0. The van der Waals surface area contributed by atoms with Crippen molar-refractivity contribution in [1.82, 2.24) is 14.7 Å². The lowest BCUT2D eigenvalue weighted by molar-refractivity contribution is -0.144. The van der Waals surface area contributed by atoms with Crippen LogP contribution in [0.25, 0.3) is 0 Å². The largest absolute Gasteiger partial charge is 0.339 e. The number of halogens is 1. The molecule has 0 bridgehead atoms. The van der Waals surface area contributed by atoms with E-state index in [-0.39, 0.29) is 30.6 Å². The molecule has 32 heavy (non-hydrogen) atoms. The molecule has 5 nitrogen and oxygen atoms in total. The minimum absolute atomic E-state index is 0.00887. The predicted octanol–water partition coefficient (Wildman–Crippen LogP) is 3.27. The van der Waals surface area contributed by atoms with Crippen LogP contribution in [0.5, 0.6) is 0 Å². The van der Waals surface area contributed by atoms with E-state index < -0.39 is 0 Å². The Morgan fingerprint density at radius 2 is 1.47 bits per heavy atom. The quantitative estimate of drug-likeness (QED) is 0.668. The number of rotatable bonds is 7. The first-order chi connectivity index (χ1) is 15.6. The van der Waals surface area contributed by atoms with Crippen molar-refractivity contribution >= 4 is 11.8 Å². The van der Waals surface area contributed by atoms with Crippen LogP contribution in [0.2, 0.25) is 0 Å². The fourth-order valence-corrected chi connectivity index (χ4v) is 4.50. The van der Waals surface area contributed by atoms with Crippen LogP contribution in [0.15, 0.2) is 48.5 Å². The summed E-state index contributed by atoms with van der Waals surface area (Å²) in [6, 6.07) is 14.7. The molecule has 2 aromatic rings. The average molecular weight is 438 g/mol. The summed E-state index contributed by atoms with van der Waals surface area (Å²) >= 11 is 0. The number of carbonyl (C=O) groups excluding carboxylic acids is 2. The van der Waals surface area contributed by atoms with E-state index in [2.05, 4.69) is 29.2 Å². The molecule has 0 saturated carbocycles. The number of piperazine rings is 1. The summed E-state index contributed by atoms with van der Waals surface area (Å²) in [6.45, 7) is 5.30. The highest BCUT2D eigenvalue weighted by molar-refractivity contribution is 5.87. The van der Waals surface area contributed by atoms with Crippen molar-refractivity contribution in [2.24, 2.45) is 0 Å². The van der Waals surface area contributed by atoms with E-state index in [1.54, 1.807) is 17.0 Å². The van der Waals surface area contributed by atoms with Crippen LogP contribution in [0.4, 0.5) is 4.39 Å². The molecule has 170 valence electrons. The number of likely N-dealkylation sites (tertiary alicyclic amines) is 1. The Bertz CT molecular complexity index is 908. The summed E-state index contributed by atoms with van der Waals surface area (Å²) in [7, 11) is 0. The Morgan fingerprint density at radius 3 is 2.16 bits per heavy atom. The zero-order valence-corrected chi connectivity index (χ0v) is 18.6. The molecule has 6 heteroatoms. The molecular weight excluding hydrogens is 405 g/mol. The van der Waals surface area contributed by atoms with Gasteiger partial charge in [0.15, 0.2) is 0 Å². The van der Waals surface area contributed by atoms with Gasteiger partial charge in [0.05, 0.1) is 13.0 Å². The van der Waals surface area contributed by atoms with E-state index in [0.29, 0.717) is 19.6 Å². The molecule has 2 saturated heterocycles. The Hall–Kier alpha value is -2.73. The van der Waals surface area contributed by atoms with E-state index >= 15 is 0 Å². The molecule has 2 aliphatic rings. The van der Waals surface area contributed by atoms with Crippen LogP contribution in [0.1, 0.15) is 36.0 Å². The second-order valence-electron chi connectivity index (χ2n) is 8.90. The summed E-state index contributed by atoms with van der Waals surface area (Å²) in [6.07, 6.45) is 4.97. The number of piperidine rings is 1. The van der Waals surface area contributed by atoms with E-state index in [0.717, 1.165) is 18.5 Å². The number of benzene rings is 2. The van der Waals surface area contributed by atoms with Crippen molar-refractivity contribution < 1.29 is 14.0 Å². The third-order valence-corrected chi connectivity index (χ3v) is 6.49. The maximum absolute atomic E-state index is 13.0. The van der Waals surface area contributed by atoms with Crippen LogP contribution >= 0.6 is 0 Å². The molecule has 0 aromatic heterocycles. The number of nitrogens with zero attached hydrogens (tertiary/aromatic N) is 3. The van der Waals surface area contributed by atoms with E-state index in [1.807, 2.05) is 4.90 Å². The highest BCUT2D eigenvalue weighted by Gasteiger charge is 2.26. The lowest BCUT2D eigenvalue weighted by Gasteiger charge is -2.34. The molecule has 0 aliphatic carbocycles. The van der Waals surface area contributed by atoms with Crippen molar-refractivity contribution in [3.8, 4) is 0 Å². The molecule has 0 radical (unpaired) electrons. The van der Waals surface area contributed by atoms with Gasteiger partial charge in [0.2, 0.25) is 11.8 Å². The molecule has 2 aromatic carbocycles. The van der Waals surface area contributed by atoms with Crippen LogP contribution in [0, 0.1) is 5.82 Å². The van der Waals surface area contributed by atoms with Gasteiger partial charge in [-0.25, -0.2) is 4.39 Å². The van der Waals surface area contributed by atoms with Gasteiger partial charge in [0.25, 0.3) is 0 Å². The number of amides is 2. The van der Waals surface area contributed by atoms with Crippen LogP contribution in [0.3, 0.4) is 0 Å². The second-order valence-corrected chi connectivity index (χ2v) is 8.90. The van der Waals surface area contributed by atoms with Gasteiger partial charge in [-0.3, -0.25) is 14.5 Å². The summed E-state index contributed by atoms with van der Waals surface area (Å²) < 4.78 is 13.0. The van der Waals surface area contributed by atoms with Crippen LogP contribution in [-0.4, -0.2) is 65.8 Å². The van der Waals surface area contributed by atoms with Gasteiger partial charge in [0, 0.05) is 26.2 Å². The van der Waals surface area contributed by atoms with Crippen molar-refractivity contribution in [1.29, 1.82) is 0 Å². The Kier molecular flexibility index (Phi) is 7.53. The van der Waals surface area contributed by atoms with Gasteiger partial charge >= 0.3 is 0 Å². The maximum Gasteiger partial charge on any atom is 0.242 e. The Morgan fingerprint density at radius 1 is 0.812 bits per heavy atom. The first kappa shape index (κ1) is 22.5. The molecule has 0 N–H and O–H groups in total. The average Bonchev–Trinajstić information content (AvgIpc) is 2.81. The van der Waals surface area contributed by atoms with Crippen LogP contribution in [-0.2, 0) is 29.0 Å². The molecule has 2 heterocycles. The topological polar surface area (TPSA) is 43.9 Å². The Balaban J connectivity index is 1.21. The molecule has 0 unspecified atom stereocenters. The van der Waals surface area contributed by atoms with Gasteiger partial charge in [-0.1, -0.05) is 42.8 Å². The predicted molar refractivity (Wildman–Crippen MR) is 123 cm³/mol. The third kappa shape index (κ3) is 6.16. The molecule has 4 rings (SSSR count). The third-order valence-electron chi connectivity index (χ3n) is 6.49. The summed E-state index contributed by atoms with van der Waals surface area (Å²) in [5.74, 6) is -0.416. The monoisotopic (exact) mass is 437 g/mol. The first-order valence-electron chi connectivity index (χ1n) is 11.7. The SMILES string of the molecule is O=C1CN(C(=O)Cc2ccc(F)cc2)CCN1CCc1ccc(CN2CCCCC2)cc1. The van der Waals surface area contributed by atoms with E-state index in [4.69, 9.17) is 0 Å². The zero-order chi connectivity index (χ0) is 22.3. The molecule has 2 aliphatic heterocycles. The second kappa shape index (κ2) is 10.7. The summed E-state index contributed by atoms with van der Waals surface area (Å²) in [5.41, 5.74) is 3.34. The van der Waals surface area contributed by atoms with Crippen LogP contribution < -0.4 is 0 Å². The van der Waals surface area contributed by atoms with Crippen molar-refractivity contribution in [2.75, 3.05) is 39.3 Å². The molecule has 0 atom stereocenters. The normalized spacial score (nSPS) is 17.6. The summed E-state index contributed by atoms with van der Waals surface area (Å²) in [4.78, 5) is 31.1. The van der Waals surface area contributed by atoms with Gasteiger partial charge < -0.3 is 9.80 Å². The molecule has 2 fully saturated rings. The molecule has 0 spiro atoms. The highest BCUT2D eigenvalue weighted by atomic mass is 19.1. The van der Waals surface area contributed by atoms with Gasteiger partial charge in [-0.15, -0.1) is 0 Å². The number of hydrogen-bond donors (Lipinski definition) is 0. The highest BCUT2D eigenvalue weighted by Crippen LogP contribution is 2.15. The zero-order valence-electron chi connectivity index (χ0n) is 18.6. The van der Waals surface area contributed by atoms with Gasteiger partial charge in [-0.05, 0) is 61.2 Å². The molecular formula is C26H32FN3O2. The van der Waals surface area contributed by atoms with Gasteiger partial charge in [-0.2, -0.15) is 0 Å². The standard InChI is InChI=1S/C26H32FN3O2/c27-24-10-8-22(9-11-24)18-25(31)30-17-16-29(26(32)20-30)15-12-21-4-6-23(7-5-21)19-28-13-2-1-3-14-28/h4-11H,1-3,12-20H2. The Labute approximate surface area is 189 Å². The lowest BCUT2D eigenvalue weighted by atomic mass is 10.1. The van der Waals surface area contributed by atoms with Crippen molar-refractivity contribution in [2.45, 2.75) is 38.6 Å². The molecule has 2 amide bonds. The van der Waals surface area contributed by atoms with Crippen molar-refractivity contribution in [3.63, 3.8) is 0 Å². The smallest absolute Gasteiger partial charge is 0.242 e. The minimum atomic E-state index is -0.318. The van der Waals surface area contributed by atoms with Gasteiger partial charge in [0.1, 0.15) is 5.82 Å². The van der Waals surface area contributed by atoms with Crippen molar-refractivity contribution in [3.05, 3.63) is 71.0 Å². The van der Waals surface area contributed by atoms with E-state index in [1.165, 1.54) is 55.6 Å². The fraction of sp³-hybridized carbons (Fsp3) is 0.462. The number of carbonyl (C=O) groups is 2. The van der Waals surface area contributed by atoms with E-state index in [9.17, 15) is 14.0 Å².